The summed E-state index contributed by atoms with van der Waals surface area (Å²) in [6.45, 7) is 9.46. The Kier molecular flexibility index (Phi) is 6.88. The maximum atomic E-state index is 5.46. The molecule has 0 aromatic carbocycles. The number of nitrogens with one attached hydrogen (secondary N) is 1. The van der Waals surface area contributed by atoms with Crippen LogP contribution in [-0.4, -0.2) is 54.9 Å². The number of methoxy groups -OCH3 is 1. The Morgan fingerprint density at radius 2 is 1.79 bits per heavy atom. The molecule has 0 spiro atoms. The van der Waals surface area contributed by atoms with Gasteiger partial charge in [-0.25, -0.2) is 0 Å². The summed E-state index contributed by atoms with van der Waals surface area (Å²) in [4.78, 5) is 14.9. The zero-order valence-corrected chi connectivity index (χ0v) is 12.1. The number of aromatic nitrogens is 3. The molecule has 0 saturated carbocycles. The molecular formula is C12H23N5O2. The van der Waals surface area contributed by atoms with Gasteiger partial charge >= 0.3 is 6.01 Å². The van der Waals surface area contributed by atoms with E-state index in [-0.39, 0.29) is 0 Å². The number of ether oxygens (including phenoxy) is 2. The highest BCUT2D eigenvalue weighted by Gasteiger charge is 2.11. The lowest BCUT2D eigenvalue weighted by molar-refractivity contribution is 0.141. The van der Waals surface area contributed by atoms with Crippen molar-refractivity contribution in [3.63, 3.8) is 0 Å². The molecule has 0 amide bonds. The minimum atomic E-state index is 0.324. The summed E-state index contributed by atoms with van der Waals surface area (Å²) in [5, 5.41) is 3.08. The zero-order chi connectivity index (χ0) is 14.1. The summed E-state index contributed by atoms with van der Waals surface area (Å²) in [6.07, 6.45) is 0. The zero-order valence-electron chi connectivity index (χ0n) is 12.1. The van der Waals surface area contributed by atoms with Crippen molar-refractivity contribution in [1.29, 1.82) is 0 Å². The highest BCUT2D eigenvalue weighted by molar-refractivity contribution is 5.38. The molecule has 1 rings (SSSR count). The van der Waals surface area contributed by atoms with Crippen LogP contribution in [0.1, 0.15) is 20.8 Å². The van der Waals surface area contributed by atoms with Crippen LogP contribution in [-0.2, 0) is 4.74 Å². The molecule has 0 fully saturated rings. The maximum absolute atomic E-state index is 5.46. The smallest absolute Gasteiger partial charge is 0.323 e. The molecule has 0 radical (unpaired) electrons. The largest absolute Gasteiger partial charge is 0.461 e. The molecule has 1 aromatic heterocycles. The van der Waals surface area contributed by atoms with Gasteiger partial charge in [-0.1, -0.05) is 0 Å². The quantitative estimate of drug-likeness (QED) is 0.675. The Morgan fingerprint density at radius 1 is 1.05 bits per heavy atom. The molecule has 0 aliphatic rings. The van der Waals surface area contributed by atoms with Gasteiger partial charge in [0, 0.05) is 26.7 Å². The van der Waals surface area contributed by atoms with Gasteiger partial charge in [0.1, 0.15) is 6.61 Å². The lowest BCUT2D eigenvalue weighted by Gasteiger charge is -2.19. The fourth-order valence-electron chi connectivity index (χ4n) is 1.51. The summed E-state index contributed by atoms with van der Waals surface area (Å²) in [5.41, 5.74) is 0. The van der Waals surface area contributed by atoms with Gasteiger partial charge in [-0.15, -0.1) is 0 Å². The van der Waals surface area contributed by atoms with Gasteiger partial charge in [0.2, 0.25) is 11.9 Å². The fourth-order valence-corrected chi connectivity index (χ4v) is 1.51. The Balaban J connectivity index is 2.89. The summed E-state index contributed by atoms with van der Waals surface area (Å²) >= 11 is 0. The van der Waals surface area contributed by atoms with Crippen molar-refractivity contribution in [2.24, 2.45) is 0 Å². The van der Waals surface area contributed by atoms with E-state index in [2.05, 4.69) is 34.1 Å². The van der Waals surface area contributed by atoms with Gasteiger partial charge in [0.25, 0.3) is 0 Å². The van der Waals surface area contributed by atoms with Gasteiger partial charge < -0.3 is 19.7 Å². The minimum Gasteiger partial charge on any atom is -0.461 e. The van der Waals surface area contributed by atoms with Crippen LogP contribution in [0.5, 0.6) is 6.01 Å². The second kappa shape index (κ2) is 8.47. The summed E-state index contributed by atoms with van der Waals surface area (Å²) in [7, 11) is 1.63. The summed E-state index contributed by atoms with van der Waals surface area (Å²) < 4.78 is 10.4. The Labute approximate surface area is 114 Å². The van der Waals surface area contributed by atoms with Crippen LogP contribution < -0.4 is 15.0 Å². The van der Waals surface area contributed by atoms with Crippen LogP contribution in [0.3, 0.4) is 0 Å². The molecule has 0 saturated heterocycles. The van der Waals surface area contributed by atoms with Gasteiger partial charge in [-0.2, -0.15) is 15.0 Å². The van der Waals surface area contributed by atoms with E-state index >= 15 is 0 Å². The highest BCUT2D eigenvalue weighted by Crippen LogP contribution is 2.14. The standard InChI is InChI=1S/C12H23N5O2/c1-5-13-10-14-11(17(6-2)7-3)16-12(15-10)19-9-8-18-4/h5-9H2,1-4H3,(H,13,14,15,16). The van der Waals surface area contributed by atoms with E-state index in [0.717, 1.165) is 19.6 Å². The predicted molar refractivity (Wildman–Crippen MR) is 74.9 cm³/mol. The first-order valence-corrected chi connectivity index (χ1v) is 6.61. The molecule has 1 heterocycles. The second-order valence-corrected chi connectivity index (χ2v) is 3.79. The average molecular weight is 269 g/mol. The topological polar surface area (TPSA) is 72.4 Å². The van der Waals surface area contributed by atoms with E-state index in [0.29, 0.717) is 31.1 Å². The minimum absolute atomic E-state index is 0.324. The third kappa shape index (κ3) is 4.86. The second-order valence-electron chi connectivity index (χ2n) is 3.79. The van der Waals surface area contributed by atoms with Gasteiger partial charge in [0.05, 0.1) is 6.61 Å². The average Bonchev–Trinajstić information content (AvgIpc) is 2.41. The fraction of sp³-hybridized carbons (Fsp3) is 0.750. The summed E-state index contributed by atoms with van der Waals surface area (Å²) in [6, 6.07) is 0.324. The summed E-state index contributed by atoms with van der Waals surface area (Å²) in [5.74, 6) is 1.16. The number of nitrogens with zero attached hydrogens (tertiary/aromatic N) is 4. The molecule has 108 valence electrons. The maximum Gasteiger partial charge on any atom is 0.323 e. The van der Waals surface area contributed by atoms with E-state index in [9.17, 15) is 0 Å². The first-order valence-electron chi connectivity index (χ1n) is 6.61. The van der Waals surface area contributed by atoms with Crippen molar-refractivity contribution < 1.29 is 9.47 Å². The first-order chi connectivity index (χ1) is 9.24. The van der Waals surface area contributed by atoms with Crippen molar-refractivity contribution in [3.8, 4) is 6.01 Å². The third-order valence-electron chi connectivity index (χ3n) is 2.50. The highest BCUT2D eigenvalue weighted by atomic mass is 16.5. The molecule has 0 unspecified atom stereocenters. The Hall–Kier alpha value is -1.63. The van der Waals surface area contributed by atoms with E-state index in [1.807, 2.05) is 11.8 Å². The molecule has 1 aromatic rings. The van der Waals surface area contributed by atoms with Gasteiger partial charge in [0.15, 0.2) is 0 Å². The van der Waals surface area contributed by atoms with Crippen molar-refractivity contribution >= 4 is 11.9 Å². The molecule has 0 aliphatic heterocycles. The monoisotopic (exact) mass is 269 g/mol. The van der Waals surface area contributed by atoms with Crippen LogP contribution in [0.25, 0.3) is 0 Å². The Bertz CT molecular complexity index is 371. The van der Waals surface area contributed by atoms with Crippen LogP contribution in [0.15, 0.2) is 0 Å². The van der Waals surface area contributed by atoms with Gasteiger partial charge in [-0.05, 0) is 20.8 Å². The molecule has 7 heteroatoms. The van der Waals surface area contributed by atoms with E-state index in [1.165, 1.54) is 0 Å². The lowest BCUT2D eigenvalue weighted by atomic mass is 10.5. The molecule has 0 aliphatic carbocycles. The normalized spacial score (nSPS) is 10.3. The van der Waals surface area contributed by atoms with E-state index in [4.69, 9.17) is 9.47 Å². The van der Waals surface area contributed by atoms with Crippen molar-refractivity contribution in [1.82, 2.24) is 15.0 Å². The predicted octanol–water partition coefficient (Wildman–Crippen LogP) is 1.17. The Morgan fingerprint density at radius 3 is 2.37 bits per heavy atom. The first kappa shape index (κ1) is 15.4. The number of rotatable bonds is 9. The SMILES string of the molecule is CCNc1nc(OCCOC)nc(N(CC)CC)n1. The molecule has 0 atom stereocenters. The molecule has 0 bridgehead atoms. The molecule has 7 nitrogen and oxygen atoms in total. The van der Waals surface area contributed by atoms with Crippen LogP contribution in [0.4, 0.5) is 11.9 Å². The number of hydrogen-bond acceptors (Lipinski definition) is 7. The van der Waals surface area contributed by atoms with Crippen molar-refractivity contribution in [2.75, 3.05) is 50.2 Å². The van der Waals surface area contributed by atoms with E-state index < -0.39 is 0 Å². The van der Waals surface area contributed by atoms with E-state index in [1.54, 1.807) is 7.11 Å². The number of hydrogen-bond donors (Lipinski definition) is 1. The third-order valence-corrected chi connectivity index (χ3v) is 2.50. The molecule has 19 heavy (non-hydrogen) atoms. The van der Waals surface area contributed by atoms with Crippen molar-refractivity contribution in [3.05, 3.63) is 0 Å². The van der Waals surface area contributed by atoms with Crippen LogP contribution in [0.2, 0.25) is 0 Å². The van der Waals surface area contributed by atoms with Crippen LogP contribution >= 0.6 is 0 Å². The molecular weight excluding hydrogens is 246 g/mol. The van der Waals surface area contributed by atoms with Crippen LogP contribution in [0, 0.1) is 0 Å². The van der Waals surface area contributed by atoms with Crippen molar-refractivity contribution in [2.45, 2.75) is 20.8 Å². The molecule has 1 N–H and O–H groups in total. The lowest BCUT2D eigenvalue weighted by Crippen LogP contribution is -2.25. The number of anilines is 2. The van der Waals surface area contributed by atoms with Gasteiger partial charge in [-0.3, -0.25) is 0 Å².